The maximum atomic E-state index is 12.8. The van der Waals surface area contributed by atoms with Gasteiger partial charge in [0.25, 0.3) is 11.8 Å². The van der Waals surface area contributed by atoms with E-state index in [1.165, 1.54) is 0 Å². The zero-order valence-corrected chi connectivity index (χ0v) is 16.2. The molecule has 3 rings (SSSR count). The smallest absolute Gasteiger partial charge is 0.287 e. The van der Waals surface area contributed by atoms with E-state index in [9.17, 15) is 9.59 Å². The van der Waals surface area contributed by atoms with E-state index in [1.807, 2.05) is 11.5 Å². The molecule has 1 aliphatic rings. The number of fused-ring (bicyclic) bond motifs is 1. The van der Waals surface area contributed by atoms with Gasteiger partial charge in [-0.2, -0.15) is 0 Å². The Hall–Kier alpha value is -2.38. The van der Waals surface area contributed by atoms with Gasteiger partial charge >= 0.3 is 0 Å². The number of hydrogen-bond donors (Lipinski definition) is 2. The van der Waals surface area contributed by atoms with Crippen molar-refractivity contribution >= 4 is 29.1 Å². The Labute approximate surface area is 163 Å². The topological polar surface area (TPSA) is 85.2 Å². The van der Waals surface area contributed by atoms with Crippen LogP contribution in [0.3, 0.4) is 0 Å². The highest BCUT2D eigenvalue weighted by molar-refractivity contribution is 6.30. The standard InChI is InChI=1S/C19H23ClN4O3/c1-12-11-13(20)6-7-14(12)22-18(25)16-15-5-3-4-9-24(15)17(23-16)19(26)21-8-10-27-2/h6-7,11H,3-5,8-10H2,1-2H3,(H,21,26)(H,22,25). The summed E-state index contributed by atoms with van der Waals surface area (Å²) in [4.78, 5) is 29.7. The molecule has 0 atom stereocenters. The van der Waals surface area contributed by atoms with Crippen LogP contribution in [0.25, 0.3) is 0 Å². The second-order valence-electron chi connectivity index (χ2n) is 6.50. The average Bonchev–Trinajstić information content (AvgIpc) is 3.04. The average molecular weight is 391 g/mol. The summed E-state index contributed by atoms with van der Waals surface area (Å²) in [6.07, 6.45) is 2.65. The summed E-state index contributed by atoms with van der Waals surface area (Å²) in [5, 5.41) is 6.27. The number of aryl methyl sites for hydroxylation is 1. The number of ether oxygens (including phenoxy) is 1. The van der Waals surface area contributed by atoms with Crippen LogP contribution in [-0.2, 0) is 17.7 Å². The van der Waals surface area contributed by atoms with Crippen LogP contribution in [0.15, 0.2) is 18.2 Å². The van der Waals surface area contributed by atoms with Crippen molar-refractivity contribution in [3.05, 3.63) is 46.0 Å². The molecule has 144 valence electrons. The molecule has 0 saturated carbocycles. The van der Waals surface area contributed by atoms with E-state index in [0.29, 0.717) is 36.1 Å². The Kier molecular flexibility index (Phi) is 6.13. The van der Waals surface area contributed by atoms with Crippen LogP contribution in [0.1, 0.15) is 45.2 Å². The molecule has 0 spiro atoms. The first-order chi connectivity index (χ1) is 13.0. The molecule has 0 fully saturated rings. The monoisotopic (exact) mass is 390 g/mol. The minimum absolute atomic E-state index is 0.277. The van der Waals surface area contributed by atoms with Gasteiger partial charge in [0.15, 0.2) is 11.5 Å². The van der Waals surface area contributed by atoms with Crippen molar-refractivity contribution in [1.29, 1.82) is 0 Å². The van der Waals surface area contributed by atoms with Gasteiger partial charge in [-0.3, -0.25) is 9.59 Å². The molecule has 8 heteroatoms. The lowest BCUT2D eigenvalue weighted by Gasteiger charge is -2.17. The molecule has 7 nitrogen and oxygen atoms in total. The fraction of sp³-hybridized carbons (Fsp3) is 0.421. The van der Waals surface area contributed by atoms with Gasteiger partial charge in [0.2, 0.25) is 0 Å². The van der Waals surface area contributed by atoms with Crippen LogP contribution in [0.5, 0.6) is 0 Å². The summed E-state index contributed by atoms with van der Waals surface area (Å²) in [7, 11) is 1.57. The van der Waals surface area contributed by atoms with Gasteiger partial charge in [-0.05, 0) is 49.9 Å². The van der Waals surface area contributed by atoms with E-state index in [-0.39, 0.29) is 17.6 Å². The predicted molar refractivity (Wildman–Crippen MR) is 104 cm³/mol. The number of carbonyl (C=O) groups is 2. The molecular weight excluding hydrogens is 368 g/mol. The SMILES string of the molecule is COCCNC(=O)c1nc(C(=O)Nc2ccc(Cl)cc2C)c2n1CCCC2. The normalized spacial score (nSPS) is 13.1. The van der Waals surface area contributed by atoms with Crippen molar-refractivity contribution < 1.29 is 14.3 Å². The number of aromatic nitrogens is 2. The number of carbonyl (C=O) groups excluding carboxylic acids is 2. The third kappa shape index (κ3) is 4.31. The van der Waals surface area contributed by atoms with Crippen LogP contribution >= 0.6 is 11.6 Å². The number of benzene rings is 1. The minimum Gasteiger partial charge on any atom is -0.383 e. The van der Waals surface area contributed by atoms with Crippen LogP contribution in [0.2, 0.25) is 5.02 Å². The summed E-state index contributed by atoms with van der Waals surface area (Å²) in [6.45, 7) is 3.37. The molecule has 0 aliphatic carbocycles. The lowest BCUT2D eigenvalue weighted by molar-refractivity contribution is 0.0921. The molecule has 0 radical (unpaired) electrons. The molecule has 2 N–H and O–H groups in total. The van der Waals surface area contributed by atoms with Crippen LogP contribution in [0, 0.1) is 6.92 Å². The van der Waals surface area contributed by atoms with Crippen molar-refractivity contribution in [2.24, 2.45) is 0 Å². The molecule has 0 saturated heterocycles. The van der Waals surface area contributed by atoms with Crippen molar-refractivity contribution in [1.82, 2.24) is 14.9 Å². The van der Waals surface area contributed by atoms with Crippen LogP contribution < -0.4 is 10.6 Å². The molecule has 2 heterocycles. The zero-order valence-electron chi connectivity index (χ0n) is 15.5. The molecule has 1 aromatic carbocycles. The van der Waals surface area contributed by atoms with Crippen molar-refractivity contribution in [3.63, 3.8) is 0 Å². The minimum atomic E-state index is -0.318. The van der Waals surface area contributed by atoms with Gasteiger partial charge in [-0.15, -0.1) is 0 Å². The van der Waals surface area contributed by atoms with Crippen LogP contribution in [0.4, 0.5) is 5.69 Å². The van der Waals surface area contributed by atoms with Gasteiger partial charge in [0, 0.05) is 30.9 Å². The van der Waals surface area contributed by atoms with Gasteiger partial charge in [-0.1, -0.05) is 11.6 Å². The van der Waals surface area contributed by atoms with E-state index >= 15 is 0 Å². The van der Waals surface area contributed by atoms with Gasteiger partial charge in [-0.25, -0.2) is 4.98 Å². The predicted octanol–water partition coefficient (Wildman–Crippen LogP) is 2.81. The Morgan fingerprint density at radius 2 is 2.11 bits per heavy atom. The summed E-state index contributed by atoms with van der Waals surface area (Å²) in [6, 6.07) is 5.27. The number of anilines is 1. The third-order valence-corrected chi connectivity index (χ3v) is 4.80. The first-order valence-corrected chi connectivity index (χ1v) is 9.33. The van der Waals surface area contributed by atoms with Crippen LogP contribution in [-0.4, -0.2) is 41.6 Å². The van der Waals surface area contributed by atoms with Gasteiger partial charge in [0.05, 0.1) is 12.3 Å². The van der Waals surface area contributed by atoms with Crippen molar-refractivity contribution in [3.8, 4) is 0 Å². The van der Waals surface area contributed by atoms with E-state index in [4.69, 9.17) is 16.3 Å². The first kappa shape index (κ1) is 19.4. The summed E-state index contributed by atoms with van der Waals surface area (Å²) in [5.41, 5.74) is 2.65. The summed E-state index contributed by atoms with van der Waals surface area (Å²) >= 11 is 5.97. The van der Waals surface area contributed by atoms with Gasteiger partial charge in [0.1, 0.15) is 0 Å². The number of nitrogens with one attached hydrogen (secondary N) is 2. The third-order valence-electron chi connectivity index (χ3n) is 4.56. The Morgan fingerprint density at radius 3 is 2.85 bits per heavy atom. The highest BCUT2D eigenvalue weighted by atomic mass is 35.5. The maximum Gasteiger partial charge on any atom is 0.287 e. The number of methoxy groups -OCH3 is 1. The summed E-state index contributed by atoms with van der Waals surface area (Å²) in [5.74, 6) is -0.335. The second kappa shape index (κ2) is 8.54. The largest absolute Gasteiger partial charge is 0.383 e. The highest BCUT2D eigenvalue weighted by Gasteiger charge is 2.27. The van der Waals surface area contributed by atoms with E-state index < -0.39 is 0 Å². The van der Waals surface area contributed by atoms with E-state index in [0.717, 1.165) is 30.5 Å². The Bertz CT molecular complexity index is 863. The fourth-order valence-electron chi connectivity index (χ4n) is 3.19. The zero-order chi connectivity index (χ0) is 19.4. The quantitative estimate of drug-likeness (QED) is 0.743. The molecule has 1 aromatic heterocycles. The number of rotatable bonds is 6. The Morgan fingerprint density at radius 1 is 1.30 bits per heavy atom. The number of imidazole rings is 1. The van der Waals surface area contributed by atoms with Crippen molar-refractivity contribution in [2.45, 2.75) is 32.7 Å². The molecule has 1 aliphatic heterocycles. The second-order valence-corrected chi connectivity index (χ2v) is 6.94. The lowest BCUT2D eigenvalue weighted by atomic mass is 10.1. The maximum absolute atomic E-state index is 12.8. The molecular formula is C19H23ClN4O3. The number of hydrogen-bond acceptors (Lipinski definition) is 4. The van der Waals surface area contributed by atoms with E-state index in [1.54, 1.807) is 25.3 Å². The van der Waals surface area contributed by atoms with E-state index in [2.05, 4.69) is 15.6 Å². The molecule has 2 amide bonds. The van der Waals surface area contributed by atoms with Gasteiger partial charge < -0.3 is 19.9 Å². The molecule has 0 bridgehead atoms. The molecule has 2 aromatic rings. The number of amides is 2. The lowest BCUT2D eigenvalue weighted by Crippen LogP contribution is -2.30. The molecule has 27 heavy (non-hydrogen) atoms. The highest BCUT2D eigenvalue weighted by Crippen LogP contribution is 2.24. The molecule has 0 unspecified atom stereocenters. The number of halogens is 1. The Balaban J connectivity index is 1.86. The first-order valence-electron chi connectivity index (χ1n) is 8.95. The number of nitrogens with zero attached hydrogens (tertiary/aromatic N) is 2. The fourth-order valence-corrected chi connectivity index (χ4v) is 3.42. The van der Waals surface area contributed by atoms with Crippen molar-refractivity contribution in [2.75, 3.05) is 25.6 Å². The summed E-state index contributed by atoms with van der Waals surface area (Å²) < 4.78 is 6.81.